The van der Waals surface area contributed by atoms with E-state index in [9.17, 15) is 4.79 Å². The minimum absolute atomic E-state index is 0.131. The van der Waals surface area contributed by atoms with Gasteiger partial charge in [0, 0.05) is 24.6 Å². The number of carbonyl (C=O) groups is 1. The van der Waals surface area contributed by atoms with Gasteiger partial charge in [-0.05, 0) is 30.5 Å². The van der Waals surface area contributed by atoms with E-state index in [1.165, 1.54) is 0 Å². The Kier molecular flexibility index (Phi) is 4.41. The maximum atomic E-state index is 12.0. The van der Waals surface area contributed by atoms with Gasteiger partial charge in [0.15, 0.2) is 0 Å². The Morgan fingerprint density at radius 1 is 1.38 bits per heavy atom. The van der Waals surface area contributed by atoms with Crippen LogP contribution in [-0.2, 0) is 14.4 Å². The second-order valence-electron chi connectivity index (χ2n) is 5.22. The predicted molar refractivity (Wildman–Crippen MR) is 79.5 cm³/mol. The van der Waals surface area contributed by atoms with E-state index in [0.29, 0.717) is 18.0 Å². The number of amides is 1. The number of hydrogen-bond donors (Lipinski definition) is 1. The van der Waals surface area contributed by atoms with Crippen LogP contribution in [0, 0.1) is 0 Å². The lowest BCUT2D eigenvalue weighted by molar-refractivity contribution is -0.131. The van der Waals surface area contributed by atoms with Crippen molar-refractivity contribution in [2.45, 2.75) is 31.5 Å². The fourth-order valence-corrected chi connectivity index (χ4v) is 2.59. The number of ether oxygens (including phenoxy) is 1. The number of nitrogens with zero attached hydrogens (tertiary/aromatic N) is 1. The summed E-state index contributed by atoms with van der Waals surface area (Å²) in [7, 11) is 0. The van der Waals surface area contributed by atoms with Crippen LogP contribution in [0.3, 0.4) is 0 Å². The molecule has 1 aromatic rings. The van der Waals surface area contributed by atoms with Crippen molar-refractivity contribution in [2.75, 3.05) is 13.2 Å². The van der Waals surface area contributed by atoms with Gasteiger partial charge in [0.25, 0.3) is 5.91 Å². The summed E-state index contributed by atoms with van der Waals surface area (Å²) in [6.45, 7) is 1.32. The van der Waals surface area contributed by atoms with Gasteiger partial charge in [0.05, 0.1) is 11.8 Å². The molecule has 2 heterocycles. The van der Waals surface area contributed by atoms with Gasteiger partial charge in [-0.15, -0.1) is 0 Å². The average molecular weight is 309 g/mol. The molecule has 1 saturated heterocycles. The third-order valence-electron chi connectivity index (χ3n) is 3.67. The molecule has 0 aromatic heterocycles. The maximum Gasteiger partial charge on any atom is 0.264 e. The summed E-state index contributed by atoms with van der Waals surface area (Å²) >= 11 is 5.85. The van der Waals surface area contributed by atoms with Gasteiger partial charge in [-0.25, -0.2) is 0 Å². The lowest BCUT2D eigenvalue weighted by atomic mass is 10.0. The Bertz CT molecular complexity index is 538. The summed E-state index contributed by atoms with van der Waals surface area (Å²) in [5.41, 5.74) is 1.69. The van der Waals surface area contributed by atoms with E-state index in [0.717, 1.165) is 30.7 Å². The summed E-state index contributed by atoms with van der Waals surface area (Å²) in [6.07, 6.45) is 2.10. The van der Waals surface area contributed by atoms with Crippen LogP contribution < -0.4 is 5.32 Å². The molecule has 5 nitrogen and oxygen atoms in total. The molecule has 1 fully saturated rings. The largest absolute Gasteiger partial charge is 0.382 e. The normalized spacial score (nSPS) is 24.5. The first-order valence-electron chi connectivity index (χ1n) is 7.10. The molecule has 3 rings (SSSR count). The van der Waals surface area contributed by atoms with Crippen LogP contribution in [-0.4, -0.2) is 37.0 Å². The molecule has 0 bridgehead atoms. The van der Waals surface area contributed by atoms with Crippen LogP contribution in [0.25, 0.3) is 0 Å². The molecule has 1 amide bonds. The highest BCUT2D eigenvalue weighted by molar-refractivity contribution is 6.30. The van der Waals surface area contributed by atoms with Crippen LogP contribution >= 0.6 is 11.6 Å². The Balaban J connectivity index is 1.50. The second-order valence-corrected chi connectivity index (χ2v) is 5.66. The molecule has 1 aromatic carbocycles. The molecular formula is C15H17ClN2O3. The summed E-state index contributed by atoms with van der Waals surface area (Å²) in [4.78, 5) is 17.3. The Hall–Kier alpha value is -1.59. The molecule has 0 spiro atoms. The van der Waals surface area contributed by atoms with Crippen molar-refractivity contribution in [3.63, 3.8) is 0 Å². The highest BCUT2D eigenvalue weighted by Crippen LogP contribution is 2.19. The van der Waals surface area contributed by atoms with Crippen molar-refractivity contribution in [1.29, 1.82) is 0 Å². The van der Waals surface area contributed by atoms with Crippen molar-refractivity contribution in [1.82, 2.24) is 5.32 Å². The minimum Gasteiger partial charge on any atom is -0.382 e. The lowest BCUT2D eigenvalue weighted by Crippen LogP contribution is -2.39. The van der Waals surface area contributed by atoms with E-state index in [-0.39, 0.29) is 12.0 Å². The lowest BCUT2D eigenvalue weighted by Gasteiger charge is -2.13. The summed E-state index contributed by atoms with van der Waals surface area (Å²) in [5.74, 6) is -0.141. The zero-order valence-corrected chi connectivity index (χ0v) is 12.3. The molecular weight excluding hydrogens is 292 g/mol. The second kappa shape index (κ2) is 6.45. The monoisotopic (exact) mass is 308 g/mol. The van der Waals surface area contributed by atoms with Gasteiger partial charge in [0.1, 0.15) is 0 Å². The Morgan fingerprint density at radius 2 is 2.19 bits per heavy atom. The summed E-state index contributed by atoms with van der Waals surface area (Å²) in [6, 6.07) is 7.34. The highest BCUT2D eigenvalue weighted by Gasteiger charge is 2.29. The standard InChI is InChI=1S/C15H17ClN2O3/c16-11-5-3-10(4-6-11)13-8-14(21-18-13)15(19)17-9-12-2-1-7-20-12/h3-6,12,14H,1-2,7-9H2,(H,17,19)/t12-,14+/m1/s1. The van der Waals surface area contributed by atoms with Crippen LogP contribution in [0.15, 0.2) is 29.4 Å². The van der Waals surface area contributed by atoms with E-state index in [1.807, 2.05) is 12.1 Å². The topological polar surface area (TPSA) is 59.9 Å². The maximum absolute atomic E-state index is 12.0. The van der Waals surface area contributed by atoms with E-state index in [4.69, 9.17) is 21.2 Å². The molecule has 2 atom stereocenters. The SMILES string of the molecule is O=C(NC[C@H]1CCCO1)[C@@H]1CC(c2ccc(Cl)cc2)=NO1. The van der Waals surface area contributed by atoms with Crippen molar-refractivity contribution in [3.05, 3.63) is 34.9 Å². The third-order valence-corrected chi connectivity index (χ3v) is 3.92. The number of benzene rings is 1. The zero-order valence-electron chi connectivity index (χ0n) is 11.5. The first-order chi connectivity index (χ1) is 10.2. The molecule has 2 aliphatic heterocycles. The van der Waals surface area contributed by atoms with Crippen molar-refractivity contribution in [2.24, 2.45) is 5.16 Å². The van der Waals surface area contributed by atoms with Crippen molar-refractivity contribution >= 4 is 23.2 Å². The smallest absolute Gasteiger partial charge is 0.264 e. The van der Waals surface area contributed by atoms with E-state index >= 15 is 0 Å². The number of hydrogen-bond acceptors (Lipinski definition) is 4. The number of carbonyl (C=O) groups excluding carboxylic acids is 1. The van der Waals surface area contributed by atoms with E-state index < -0.39 is 6.10 Å². The molecule has 0 saturated carbocycles. The number of oxime groups is 1. The molecule has 1 N–H and O–H groups in total. The van der Waals surface area contributed by atoms with Crippen LogP contribution in [0.1, 0.15) is 24.8 Å². The van der Waals surface area contributed by atoms with Gasteiger partial charge in [-0.3, -0.25) is 4.79 Å². The average Bonchev–Trinajstić information content (AvgIpc) is 3.17. The first kappa shape index (κ1) is 14.4. The third kappa shape index (κ3) is 3.54. The van der Waals surface area contributed by atoms with E-state index in [1.54, 1.807) is 12.1 Å². The molecule has 0 radical (unpaired) electrons. The number of rotatable bonds is 4. The quantitative estimate of drug-likeness (QED) is 0.927. The number of nitrogens with one attached hydrogen (secondary N) is 1. The predicted octanol–water partition coefficient (Wildman–Crippen LogP) is 2.13. The minimum atomic E-state index is -0.558. The molecule has 21 heavy (non-hydrogen) atoms. The molecule has 2 aliphatic rings. The molecule has 6 heteroatoms. The molecule has 0 aliphatic carbocycles. The van der Waals surface area contributed by atoms with Gasteiger partial charge in [-0.2, -0.15) is 0 Å². The summed E-state index contributed by atoms with van der Waals surface area (Å²) < 4.78 is 5.47. The highest BCUT2D eigenvalue weighted by atomic mass is 35.5. The Labute approximate surface area is 128 Å². The summed E-state index contributed by atoms with van der Waals surface area (Å²) in [5, 5.41) is 7.53. The molecule has 0 unspecified atom stereocenters. The van der Waals surface area contributed by atoms with Crippen LogP contribution in [0.2, 0.25) is 5.02 Å². The van der Waals surface area contributed by atoms with Gasteiger partial charge < -0.3 is 14.9 Å². The van der Waals surface area contributed by atoms with Crippen molar-refractivity contribution < 1.29 is 14.4 Å². The fourth-order valence-electron chi connectivity index (χ4n) is 2.46. The van der Waals surface area contributed by atoms with Gasteiger partial charge in [0.2, 0.25) is 6.10 Å². The van der Waals surface area contributed by atoms with Gasteiger partial charge in [-0.1, -0.05) is 28.9 Å². The number of halogens is 1. The van der Waals surface area contributed by atoms with E-state index in [2.05, 4.69) is 10.5 Å². The van der Waals surface area contributed by atoms with Crippen LogP contribution in [0.4, 0.5) is 0 Å². The zero-order chi connectivity index (χ0) is 14.7. The van der Waals surface area contributed by atoms with Crippen LogP contribution in [0.5, 0.6) is 0 Å². The Morgan fingerprint density at radius 3 is 2.90 bits per heavy atom. The van der Waals surface area contributed by atoms with Gasteiger partial charge >= 0.3 is 0 Å². The van der Waals surface area contributed by atoms with Crippen molar-refractivity contribution in [3.8, 4) is 0 Å². The first-order valence-corrected chi connectivity index (χ1v) is 7.48. The molecule has 112 valence electrons. The fraction of sp³-hybridized carbons (Fsp3) is 0.467.